The van der Waals surface area contributed by atoms with Crippen LogP contribution in [0, 0.1) is 6.92 Å². The Morgan fingerprint density at radius 2 is 1.53 bits per heavy atom. The van der Waals surface area contributed by atoms with E-state index in [1.165, 1.54) is 5.56 Å². The van der Waals surface area contributed by atoms with Crippen LogP contribution in [0.3, 0.4) is 0 Å². The monoisotopic (exact) mass is 567 g/mol. The number of carbonyl (C=O) groups is 3. The molecule has 2 amide bonds. The molecule has 2 aromatic carbocycles. The molecule has 8 nitrogen and oxygen atoms in total. The number of nitrogens with one attached hydrogen (secondary N) is 3. The number of carbonyl (C=O) groups excluding carboxylic acids is 3. The standard InChI is InChI=1S/C28H41N5O3.2ClH/c1-21-13-15-23(16-14-21)31-18-8-6-12-25(30)27(35)33-26(19-22-9-3-2-4-10-22)28(36)32-24(20-34)11-5-7-17-29;;/h2-4,9-10,13-16,20,24-26,31H,5-8,11-12,17-19,29-30H2,1H3,(H,32,36)(H,33,35);2*1H/t24-,25+,26-;;/m0../s1. The maximum atomic E-state index is 13.0. The highest BCUT2D eigenvalue weighted by Crippen LogP contribution is 2.10. The second-order valence-electron chi connectivity index (χ2n) is 9.18. The van der Waals surface area contributed by atoms with Crippen molar-refractivity contribution < 1.29 is 14.4 Å². The molecule has 0 saturated heterocycles. The number of benzene rings is 2. The molecule has 10 heteroatoms. The molecule has 2 aromatic rings. The molecule has 38 heavy (non-hydrogen) atoms. The van der Waals surface area contributed by atoms with Crippen LogP contribution in [-0.4, -0.2) is 49.3 Å². The van der Waals surface area contributed by atoms with Crippen LogP contribution in [0.25, 0.3) is 0 Å². The van der Waals surface area contributed by atoms with Gasteiger partial charge in [-0.15, -0.1) is 24.8 Å². The Hall–Kier alpha value is -2.65. The van der Waals surface area contributed by atoms with E-state index in [0.717, 1.165) is 49.8 Å². The molecular formula is C28H43Cl2N5O3. The predicted molar refractivity (Wildman–Crippen MR) is 159 cm³/mol. The van der Waals surface area contributed by atoms with Crippen molar-refractivity contribution in [1.29, 1.82) is 0 Å². The van der Waals surface area contributed by atoms with E-state index in [2.05, 4.69) is 28.1 Å². The van der Waals surface area contributed by atoms with E-state index in [1.54, 1.807) is 0 Å². The van der Waals surface area contributed by atoms with Gasteiger partial charge in [-0.05, 0) is 69.7 Å². The number of amides is 2. The van der Waals surface area contributed by atoms with E-state index >= 15 is 0 Å². The molecule has 0 aliphatic heterocycles. The van der Waals surface area contributed by atoms with Gasteiger partial charge in [0.25, 0.3) is 0 Å². The fourth-order valence-corrected chi connectivity index (χ4v) is 3.83. The van der Waals surface area contributed by atoms with Crippen molar-refractivity contribution in [3.63, 3.8) is 0 Å². The SMILES string of the molecule is Cc1ccc(NCCCC[C@@H](N)C(=O)N[C@@H](Cc2ccccc2)C(=O)N[C@H](C=O)CCCCN)cc1.Cl.Cl. The van der Waals surface area contributed by atoms with Crippen LogP contribution in [-0.2, 0) is 20.8 Å². The molecule has 0 bridgehead atoms. The van der Waals surface area contributed by atoms with Gasteiger partial charge in [-0.2, -0.15) is 0 Å². The van der Waals surface area contributed by atoms with Crippen molar-refractivity contribution in [2.45, 2.75) is 70.0 Å². The molecule has 0 heterocycles. The molecule has 2 rings (SSSR count). The molecule has 0 saturated carbocycles. The van der Waals surface area contributed by atoms with Gasteiger partial charge in [0.15, 0.2) is 0 Å². The van der Waals surface area contributed by atoms with E-state index in [-0.39, 0.29) is 30.7 Å². The van der Waals surface area contributed by atoms with Gasteiger partial charge < -0.3 is 32.2 Å². The summed E-state index contributed by atoms with van der Waals surface area (Å²) in [4.78, 5) is 37.3. The lowest BCUT2D eigenvalue weighted by Crippen LogP contribution is -2.54. The summed E-state index contributed by atoms with van der Waals surface area (Å²) in [5.74, 6) is -0.769. The van der Waals surface area contributed by atoms with Gasteiger partial charge in [-0.3, -0.25) is 9.59 Å². The first-order valence-corrected chi connectivity index (χ1v) is 12.8. The number of aryl methyl sites for hydroxylation is 1. The maximum Gasteiger partial charge on any atom is 0.243 e. The predicted octanol–water partition coefficient (Wildman–Crippen LogP) is 3.29. The molecular weight excluding hydrogens is 525 g/mol. The summed E-state index contributed by atoms with van der Waals surface area (Å²) in [6.07, 6.45) is 5.21. The molecule has 0 aromatic heterocycles. The Labute approximate surface area is 238 Å². The maximum absolute atomic E-state index is 13.0. The molecule has 0 aliphatic carbocycles. The highest BCUT2D eigenvalue weighted by Gasteiger charge is 2.25. The topological polar surface area (TPSA) is 139 Å². The fraction of sp³-hybridized carbons (Fsp3) is 0.464. The number of nitrogens with two attached hydrogens (primary N) is 2. The smallest absolute Gasteiger partial charge is 0.243 e. The van der Waals surface area contributed by atoms with Crippen molar-refractivity contribution in [2.75, 3.05) is 18.4 Å². The number of unbranched alkanes of at least 4 members (excludes halogenated alkanes) is 2. The lowest BCUT2D eigenvalue weighted by Gasteiger charge is -2.23. The number of hydrogen-bond acceptors (Lipinski definition) is 6. The van der Waals surface area contributed by atoms with Gasteiger partial charge >= 0.3 is 0 Å². The van der Waals surface area contributed by atoms with E-state index in [4.69, 9.17) is 11.5 Å². The first-order valence-electron chi connectivity index (χ1n) is 12.8. The lowest BCUT2D eigenvalue weighted by molar-refractivity contribution is -0.130. The third-order valence-corrected chi connectivity index (χ3v) is 6.04. The highest BCUT2D eigenvalue weighted by molar-refractivity contribution is 5.91. The number of hydrogen-bond donors (Lipinski definition) is 5. The van der Waals surface area contributed by atoms with E-state index in [0.29, 0.717) is 25.8 Å². The Morgan fingerprint density at radius 1 is 0.868 bits per heavy atom. The summed E-state index contributed by atoms with van der Waals surface area (Å²) in [6.45, 7) is 3.37. The largest absolute Gasteiger partial charge is 0.385 e. The summed E-state index contributed by atoms with van der Waals surface area (Å²) in [5.41, 5.74) is 14.8. The minimum atomic E-state index is -0.828. The molecule has 0 radical (unpaired) electrons. The van der Waals surface area contributed by atoms with Gasteiger partial charge in [0.05, 0.1) is 12.1 Å². The van der Waals surface area contributed by atoms with Crippen LogP contribution in [0.15, 0.2) is 54.6 Å². The zero-order chi connectivity index (χ0) is 26.2. The summed E-state index contributed by atoms with van der Waals surface area (Å²) in [7, 11) is 0. The Kier molecular flexibility index (Phi) is 18.9. The Bertz CT molecular complexity index is 932. The van der Waals surface area contributed by atoms with Crippen molar-refractivity contribution in [1.82, 2.24) is 10.6 Å². The van der Waals surface area contributed by atoms with Gasteiger partial charge in [-0.1, -0.05) is 48.0 Å². The first kappa shape index (κ1) is 35.4. The zero-order valence-electron chi connectivity index (χ0n) is 22.1. The number of aldehydes is 1. The van der Waals surface area contributed by atoms with Crippen molar-refractivity contribution in [3.8, 4) is 0 Å². The van der Waals surface area contributed by atoms with Crippen LogP contribution in [0.2, 0.25) is 0 Å². The van der Waals surface area contributed by atoms with Gasteiger partial charge in [-0.25, -0.2) is 0 Å². The Morgan fingerprint density at radius 3 is 2.16 bits per heavy atom. The van der Waals surface area contributed by atoms with Crippen molar-refractivity contribution >= 4 is 48.6 Å². The van der Waals surface area contributed by atoms with Crippen LogP contribution in [0.1, 0.15) is 49.7 Å². The molecule has 0 spiro atoms. The average Bonchev–Trinajstić information content (AvgIpc) is 2.89. The third kappa shape index (κ3) is 13.8. The van der Waals surface area contributed by atoms with Gasteiger partial charge in [0.1, 0.15) is 12.3 Å². The van der Waals surface area contributed by atoms with Crippen LogP contribution in [0.5, 0.6) is 0 Å². The van der Waals surface area contributed by atoms with E-state index in [9.17, 15) is 14.4 Å². The van der Waals surface area contributed by atoms with E-state index in [1.807, 2.05) is 49.4 Å². The molecule has 212 valence electrons. The number of rotatable bonds is 17. The summed E-state index contributed by atoms with van der Waals surface area (Å²) in [6, 6.07) is 15.5. The normalized spacial score (nSPS) is 12.6. The highest BCUT2D eigenvalue weighted by atomic mass is 35.5. The van der Waals surface area contributed by atoms with Gasteiger partial charge in [0, 0.05) is 18.7 Å². The van der Waals surface area contributed by atoms with Crippen LogP contribution in [0.4, 0.5) is 5.69 Å². The Balaban J connectivity index is 0.00000684. The zero-order valence-corrected chi connectivity index (χ0v) is 23.7. The van der Waals surface area contributed by atoms with Crippen LogP contribution >= 0.6 is 24.8 Å². The first-order chi connectivity index (χ1) is 17.4. The summed E-state index contributed by atoms with van der Waals surface area (Å²) < 4.78 is 0. The molecule has 0 aliphatic rings. The van der Waals surface area contributed by atoms with Crippen molar-refractivity contribution in [2.24, 2.45) is 11.5 Å². The average molecular weight is 569 g/mol. The van der Waals surface area contributed by atoms with E-state index < -0.39 is 24.0 Å². The molecule has 3 atom stereocenters. The summed E-state index contributed by atoms with van der Waals surface area (Å²) >= 11 is 0. The number of anilines is 1. The third-order valence-electron chi connectivity index (χ3n) is 6.04. The second kappa shape index (κ2) is 20.3. The fourth-order valence-electron chi connectivity index (χ4n) is 3.83. The molecule has 7 N–H and O–H groups in total. The van der Waals surface area contributed by atoms with Gasteiger partial charge in [0.2, 0.25) is 11.8 Å². The minimum Gasteiger partial charge on any atom is -0.385 e. The number of halogens is 2. The quantitative estimate of drug-likeness (QED) is 0.147. The van der Waals surface area contributed by atoms with Crippen molar-refractivity contribution in [3.05, 3.63) is 65.7 Å². The summed E-state index contributed by atoms with van der Waals surface area (Å²) in [5, 5.41) is 8.93. The molecule has 0 fully saturated rings. The second-order valence-corrected chi connectivity index (χ2v) is 9.18. The minimum absolute atomic E-state index is 0. The molecule has 0 unspecified atom stereocenters. The van der Waals surface area contributed by atoms with Crippen LogP contribution < -0.4 is 27.4 Å². The lowest BCUT2D eigenvalue weighted by atomic mass is 10.0.